The summed E-state index contributed by atoms with van der Waals surface area (Å²) >= 11 is 11.5. The molecule has 2 unspecified atom stereocenters. The zero-order valence-corrected chi connectivity index (χ0v) is 25.4. The molecular formula is C29H21BrClN3O5S2. The van der Waals surface area contributed by atoms with Gasteiger partial charge in [-0.15, -0.1) is 0 Å². The van der Waals surface area contributed by atoms with Crippen molar-refractivity contribution in [2.24, 2.45) is 5.92 Å². The number of nitrogens with zero attached hydrogens (tertiary/aromatic N) is 2. The van der Waals surface area contributed by atoms with Gasteiger partial charge in [0.1, 0.15) is 17.5 Å². The van der Waals surface area contributed by atoms with E-state index in [1.165, 1.54) is 21.2 Å². The van der Waals surface area contributed by atoms with Gasteiger partial charge in [0.2, 0.25) is 17.7 Å². The first-order valence-electron chi connectivity index (χ1n) is 12.5. The smallest absolute Gasteiger partial charge is 0.308 e. The standard InChI is InChI=1S/C29H21BrClN3O5S2/c1-39-20-12-2-15(3-13-20)22-23-24(27(37)34(26(23)36)19-10-4-16(30)5-11-19)40-28-25(22)41-29(38)33(28)14-21(35)32-18-8-6-17(31)7-9-18/h2-13,22-24H,14H2,1H3,(H,32,35)/t22-,23?,24?/m0/s1. The Morgan fingerprint density at radius 1 is 0.976 bits per heavy atom. The van der Waals surface area contributed by atoms with E-state index in [4.69, 9.17) is 16.3 Å². The third kappa shape index (κ3) is 5.12. The summed E-state index contributed by atoms with van der Waals surface area (Å²) in [6, 6.07) is 20.9. The average molecular weight is 671 g/mol. The lowest BCUT2D eigenvalue weighted by Gasteiger charge is -2.30. The van der Waals surface area contributed by atoms with Crippen LogP contribution in [0.1, 0.15) is 16.4 Å². The number of nitrogens with one attached hydrogen (secondary N) is 1. The lowest BCUT2D eigenvalue weighted by Crippen LogP contribution is -2.33. The van der Waals surface area contributed by atoms with Gasteiger partial charge in [-0.3, -0.25) is 23.7 Å². The van der Waals surface area contributed by atoms with Gasteiger partial charge in [0.05, 0.1) is 23.7 Å². The Bertz CT molecular complexity index is 1720. The Hall–Kier alpha value is -3.38. The van der Waals surface area contributed by atoms with E-state index >= 15 is 0 Å². The second-order valence-corrected chi connectivity index (χ2v) is 13.0. The summed E-state index contributed by atoms with van der Waals surface area (Å²) in [6.45, 7) is -0.244. The van der Waals surface area contributed by atoms with E-state index in [-0.39, 0.29) is 23.2 Å². The van der Waals surface area contributed by atoms with E-state index in [1.54, 1.807) is 67.8 Å². The van der Waals surface area contributed by atoms with Gasteiger partial charge in [-0.25, -0.2) is 4.90 Å². The molecule has 1 aromatic heterocycles. The highest BCUT2D eigenvalue weighted by molar-refractivity contribution is 9.10. The number of methoxy groups -OCH3 is 1. The van der Waals surface area contributed by atoms with Crippen molar-refractivity contribution in [2.45, 2.75) is 22.7 Å². The summed E-state index contributed by atoms with van der Waals surface area (Å²) < 4.78 is 7.53. The average Bonchev–Trinajstić information content (AvgIpc) is 3.41. The number of carbonyl (C=O) groups excluding carboxylic acids is 3. The molecule has 3 heterocycles. The maximum absolute atomic E-state index is 14.0. The fraction of sp³-hybridized carbons (Fsp3) is 0.172. The number of fused-ring (bicyclic) bond motifs is 2. The quantitative estimate of drug-likeness (QED) is 0.262. The molecular weight excluding hydrogens is 650 g/mol. The Morgan fingerprint density at radius 3 is 2.32 bits per heavy atom. The molecule has 1 saturated heterocycles. The molecule has 12 heteroatoms. The van der Waals surface area contributed by atoms with Crippen LogP contribution >= 0.6 is 50.6 Å². The summed E-state index contributed by atoms with van der Waals surface area (Å²) in [5, 5.41) is 3.07. The minimum Gasteiger partial charge on any atom is -0.497 e. The molecule has 0 radical (unpaired) electrons. The van der Waals surface area contributed by atoms with Crippen molar-refractivity contribution in [1.82, 2.24) is 4.57 Å². The maximum atomic E-state index is 14.0. The number of rotatable bonds is 6. The molecule has 1 N–H and O–H groups in total. The normalized spacial score (nSPS) is 19.6. The van der Waals surface area contributed by atoms with Crippen molar-refractivity contribution >= 4 is 79.7 Å². The van der Waals surface area contributed by atoms with Gasteiger partial charge in [0.15, 0.2) is 0 Å². The van der Waals surface area contributed by atoms with Gasteiger partial charge < -0.3 is 10.1 Å². The van der Waals surface area contributed by atoms with Crippen LogP contribution in [0.25, 0.3) is 0 Å². The van der Waals surface area contributed by atoms with Crippen molar-refractivity contribution in [3.05, 3.63) is 102 Å². The predicted octanol–water partition coefficient (Wildman–Crippen LogP) is 5.77. The Balaban J connectivity index is 1.40. The van der Waals surface area contributed by atoms with Crippen LogP contribution in [-0.2, 0) is 20.9 Å². The van der Waals surface area contributed by atoms with Crippen molar-refractivity contribution < 1.29 is 19.1 Å². The van der Waals surface area contributed by atoms with Crippen LogP contribution in [-0.4, -0.2) is 34.6 Å². The van der Waals surface area contributed by atoms with Crippen LogP contribution in [0.15, 0.2) is 87.1 Å². The highest BCUT2D eigenvalue weighted by Gasteiger charge is 2.56. The van der Waals surface area contributed by atoms with E-state index in [1.807, 2.05) is 12.1 Å². The van der Waals surface area contributed by atoms with Crippen LogP contribution in [0.2, 0.25) is 5.02 Å². The number of carbonyl (C=O) groups is 3. The number of amides is 3. The molecule has 1 fully saturated rings. The van der Waals surface area contributed by atoms with Gasteiger partial charge in [0, 0.05) is 26.0 Å². The van der Waals surface area contributed by atoms with E-state index in [2.05, 4.69) is 21.2 Å². The van der Waals surface area contributed by atoms with Crippen molar-refractivity contribution in [2.75, 3.05) is 17.3 Å². The number of ether oxygens (including phenoxy) is 1. The number of thiazole rings is 1. The molecule has 0 spiro atoms. The molecule has 208 valence electrons. The minimum absolute atomic E-state index is 0.244. The molecule has 2 aliphatic heterocycles. The number of aromatic nitrogens is 1. The van der Waals surface area contributed by atoms with Crippen LogP contribution in [0, 0.1) is 5.92 Å². The van der Waals surface area contributed by atoms with Crippen LogP contribution in [0.5, 0.6) is 5.75 Å². The monoisotopic (exact) mass is 669 g/mol. The van der Waals surface area contributed by atoms with Gasteiger partial charge in [-0.2, -0.15) is 0 Å². The third-order valence-corrected chi connectivity index (χ3v) is 10.4. The van der Waals surface area contributed by atoms with Gasteiger partial charge in [-0.05, 0) is 66.2 Å². The minimum atomic E-state index is -0.773. The van der Waals surface area contributed by atoms with Gasteiger partial charge >= 0.3 is 4.87 Å². The maximum Gasteiger partial charge on any atom is 0.308 e. The highest BCUT2D eigenvalue weighted by atomic mass is 79.9. The first kappa shape index (κ1) is 27.8. The topological polar surface area (TPSA) is 97.7 Å². The summed E-state index contributed by atoms with van der Waals surface area (Å²) in [5.41, 5.74) is 1.80. The first-order chi connectivity index (χ1) is 19.7. The van der Waals surface area contributed by atoms with Crippen LogP contribution in [0.3, 0.4) is 0 Å². The molecule has 0 bridgehead atoms. The SMILES string of the molecule is COc1ccc([C@@H]2c3sc(=O)n(CC(=O)Nc4ccc(Cl)cc4)c3SC3C(=O)N(c4ccc(Br)cc4)C(=O)C32)cc1. The van der Waals surface area contributed by atoms with Gasteiger partial charge in [0.25, 0.3) is 0 Å². The lowest BCUT2D eigenvalue weighted by molar-refractivity contribution is -0.122. The Kier molecular flexibility index (Phi) is 7.54. The number of thioether (sulfide) groups is 1. The molecule has 2 aliphatic rings. The summed E-state index contributed by atoms with van der Waals surface area (Å²) in [6.07, 6.45) is 0. The van der Waals surface area contributed by atoms with Crippen molar-refractivity contribution in [1.29, 1.82) is 0 Å². The van der Waals surface area contributed by atoms with Gasteiger partial charge in [-0.1, -0.05) is 62.8 Å². The highest BCUT2D eigenvalue weighted by Crippen LogP contribution is 2.54. The second-order valence-electron chi connectivity index (χ2n) is 9.48. The van der Waals surface area contributed by atoms with Crippen molar-refractivity contribution in [3.8, 4) is 5.75 Å². The fourth-order valence-corrected chi connectivity index (χ4v) is 8.31. The molecule has 6 rings (SSSR count). The molecule has 0 aliphatic carbocycles. The lowest BCUT2D eigenvalue weighted by atomic mass is 9.83. The van der Waals surface area contributed by atoms with Crippen LogP contribution < -0.4 is 19.8 Å². The summed E-state index contributed by atoms with van der Waals surface area (Å²) in [5.74, 6) is -1.72. The number of hydrogen-bond acceptors (Lipinski definition) is 7. The Morgan fingerprint density at radius 2 is 1.66 bits per heavy atom. The van der Waals surface area contributed by atoms with E-state index in [0.717, 1.165) is 21.4 Å². The largest absolute Gasteiger partial charge is 0.497 e. The molecule has 3 atom stereocenters. The number of anilines is 2. The number of hydrogen-bond donors (Lipinski definition) is 1. The van der Waals surface area contributed by atoms with Crippen molar-refractivity contribution in [3.63, 3.8) is 0 Å². The third-order valence-electron chi connectivity index (χ3n) is 7.04. The van der Waals surface area contributed by atoms with E-state index < -0.39 is 23.0 Å². The molecule has 3 amide bonds. The van der Waals surface area contributed by atoms with E-state index in [0.29, 0.717) is 32.1 Å². The number of halogens is 2. The zero-order chi connectivity index (χ0) is 28.8. The molecule has 3 aromatic carbocycles. The fourth-order valence-electron chi connectivity index (χ4n) is 5.15. The molecule has 4 aromatic rings. The Labute approximate surface area is 256 Å². The number of imide groups is 1. The molecule has 8 nitrogen and oxygen atoms in total. The van der Waals surface area contributed by atoms with E-state index in [9.17, 15) is 19.2 Å². The molecule has 0 saturated carbocycles. The predicted molar refractivity (Wildman–Crippen MR) is 163 cm³/mol. The van der Waals surface area contributed by atoms with Crippen LogP contribution in [0.4, 0.5) is 11.4 Å². The zero-order valence-electron chi connectivity index (χ0n) is 21.4. The summed E-state index contributed by atoms with van der Waals surface area (Å²) in [7, 11) is 1.57. The summed E-state index contributed by atoms with van der Waals surface area (Å²) in [4.78, 5) is 55.6. The molecule has 41 heavy (non-hydrogen) atoms. The second kappa shape index (κ2) is 11.1. The first-order valence-corrected chi connectivity index (χ1v) is 15.3. The number of benzene rings is 3.